The molecule has 6 heteroatoms. The van der Waals surface area contributed by atoms with Gasteiger partial charge in [-0.1, -0.05) is 17.3 Å². The highest BCUT2D eigenvalue weighted by atomic mass is 19.1. The summed E-state index contributed by atoms with van der Waals surface area (Å²) in [4.78, 5) is 12.3. The van der Waals surface area contributed by atoms with E-state index in [1.54, 1.807) is 43.5 Å². The minimum Gasteiger partial charge on any atom is -0.497 e. The third-order valence-electron chi connectivity index (χ3n) is 3.29. The second-order valence-corrected chi connectivity index (χ2v) is 4.73. The molecule has 1 N–H and O–H groups in total. The van der Waals surface area contributed by atoms with Crippen molar-refractivity contribution in [3.8, 4) is 17.1 Å². The summed E-state index contributed by atoms with van der Waals surface area (Å²) in [5, 5.41) is 6.17. The lowest BCUT2D eigenvalue weighted by atomic mass is 10.1. The topological polar surface area (TPSA) is 64.4 Å². The molecule has 0 aliphatic carbocycles. The largest absolute Gasteiger partial charge is 0.497 e. The molecule has 3 aromatic rings. The number of rotatable bonds is 4. The van der Waals surface area contributed by atoms with Gasteiger partial charge in [0.05, 0.1) is 19.0 Å². The van der Waals surface area contributed by atoms with E-state index in [2.05, 4.69) is 10.5 Å². The van der Waals surface area contributed by atoms with E-state index in [9.17, 15) is 9.18 Å². The van der Waals surface area contributed by atoms with Crippen LogP contribution in [0.4, 0.5) is 10.1 Å². The number of ether oxygens (including phenoxy) is 1. The number of carbonyl (C=O) groups is 1. The van der Waals surface area contributed by atoms with E-state index in [0.717, 1.165) is 0 Å². The molecule has 0 bridgehead atoms. The number of benzene rings is 2. The molecule has 0 atom stereocenters. The molecule has 0 aliphatic rings. The highest BCUT2D eigenvalue weighted by Crippen LogP contribution is 2.26. The van der Waals surface area contributed by atoms with E-state index in [4.69, 9.17) is 9.26 Å². The molecule has 2 aromatic carbocycles. The van der Waals surface area contributed by atoms with E-state index >= 15 is 0 Å². The fourth-order valence-electron chi connectivity index (χ4n) is 2.10. The van der Waals surface area contributed by atoms with Gasteiger partial charge in [-0.2, -0.15) is 0 Å². The zero-order chi connectivity index (χ0) is 16.2. The van der Waals surface area contributed by atoms with Gasteiger partial charge < -0.3 is 14.6 Å². The standard InChI is InChI=1S/C17H13FN2O3/c1-22-12-8-6-11(7-9-12)16-13(10-19-23-16)17(21)20-15-5-3-2-4-14(15)18/h2-10H,1H3,(H,20,21). The van der Waals surface area contributed by atoms with Gasteiger partial charge in [-0.05, 0) is 36.4 Å². The molecular weight excluding hydrogens is 299 g/mol. The van der Waals surface area contributed by atoms with E-state index < -0.39 is 11.7 Å². The lowest BCUT2D eigenvalue weighted by molar-refractivity contribution is 0.102. The van der Waals surface area contributed by atoms with Crippen molar-refractivity contribution in [3.05, 3.63) is 66.1 Å². The van der Waals surface area contributed by atoms with Crippen molar-refractivity contribution in [1.29, 1.82) is 0 Å². The first-order chi connectivity index (χ1) is 11.2. The molecule has 0 fully saturated rings. The third-order valence-corrected chi connectivity index (χ3v) is 3.29. The molecule has 1 amide bonds. The third kappa shape index (κ3) is 3.06. The van der Waals surface area contributed by atoms with Gasteiger partial charge >= 0.3 is 0 Å². The van der Waals surface area contributed by atoms with Gasteiger partial charge in [-0.3, -0.25) is 4.79 Å². The van der Waals surface area contributed by atoms with Crippen LogP contribution in [0.3, 0.4) is 0 Å². The zero-order valence-corrected chi connectivity index (χ0v) is 12.2. The van der Waals surface area contributed by atoms with Crippen LogP contribution in [0.1, 0.15) is 10.4 Å². The van der Waals surface area contributed by atoms with Gasteiger partial charge in [0.25, 0.3) is 5.91 Å². The Kier molecular flexibility index (Phi) is 4.05. The number of hydrogen-bond donors (Lipinski definition) is 1. The SMILES string of the molecule is COc1ccc(-c2oncc2C(=O)Nc2ccccc2F)cc1. The maximum Gasteiger partial charge on any atom is 0.261 e. The summed E-state index contributed by atoms with van der Waals surface area (Å²) >= 11 is 0. The Balaban J connectivity index is 1.88. The Bertz CT molecular complexity index is 828. The van der Waals surface area contributed by atoms with Gasteiger partial charge in [0.1, 0.15) is 17.1 Å². The van der Waals surface area contributed by atoms with Crippen LogP contribution in [0.2, 0.25) is 0 Å². The number of aromatic nitrogens is 1. The number of halogens is 1. The predicted molar refractivity (Wildman–Crippen MR) is 82.8 cm³/mol. The average Bonchev–Trinajstić information content (AvgIpc) is 3.07. The number of anilines is 1. The molecule has 1 aromatic heterocycles. The normalized spacial score (nSPS) is 10.3. The molecular formula is C17H13FN2O3. The van der Waals surface area contributed by atoms with Crippen LogP contribution >= 0.6 is 0 Å². The average molecular weight is 312 g/mol. The minimum atomic E-state index is -0.511. The van der Waals surface area contributed by atoms with Crippen LogP contribution in [0.5, 0.6) is 5.75 Å². The predicted octanol–water partition coefficient (Wildman–Crippen LogP) is 3.74. The summed E-state index contributed by atoms with van der Waals surface area (Å²) in [5.74, 6) is -0.0161. The van der Waals surface area contributed by atoms with Crippen molar-refractivity contribution in [3.63, 3.8) is 0 Å². The van der Waals surface area contributed by atoms with Crippen LogP contribution in [0.25, 0.3) is 11.3 Å². The Morgan fingerprint density at radius 3 is 2.61 bits per heavy atom. The van der Waals surface area contributed by atoms with Crippen molar-refractivity contribution in [2.45, 2.75) is 0 Å². The minimum absolute atomic E-state index is 0.0966. The summed E-state index contributed by atoms with van der Waals surface area (Å²) in [6.07, 6.45) is 1.30. The van der Waals surface area contributed by atoms with Crippen molar-refractivity contribution in [2.75, 3.05) is 12.4 Å². The number of nitrogens with one attached hydrogen (secondary N) is 1. The van der Waals surface area contributed by atoms with Crippen LogP contribution in [0, 0.1) is 5.82 Å². The van der Waals surface area contributed by atoms with Gasteiger partial charge in [0, 0.05) is 5.56 Å². The first-order valence-corrected chi connectivity index (χ1v) is 6.84. The van der Waals surface area contributed by atoms with Crippen molar-refractivity contribution >= 4 is 11.6 Å². The fraction of sp³-hybridized carbons (Fsp3) is 0.0588. The number of hydrogen-bond acceptors (Lipinski definition) is 4. The molecule has 0 radical (unpaired) electrons. The Hall–Kier alpha value is -3.15. The Morgan fingerprint density at radius 1 is 1.17 bits per heavy atom. The highest BCUT2D eigenvalue weighted by molar-refractivity contribution is 6.07. The second-order valence-electron chi connectivity index (χ2n) is 4.73. The molecule has 1 heterocycles. The first-order valence-electron chi connectivity index (χ1n) is 6.84. The van der Waals surface area contributed by atoms with Crippen molar-refractivity contribution in [1.82, 2.24) is 5.16 Å². The summed E-state index contributed by atoms with van der Waals surface area (Å²) in [6, 6.07) is 12.9. The summed E-state index contributed by atoms with van der Waals surface area (Å²) in [5.41, 5.74) is 0.986. The molecule has 0 unspecified atom stereocenters. The maximum absolute atomic E-state index is 13.6. The maximum atomic E-state index is 13.6. The van der Waals surface area contributed by atoms with Crippen LogP contribution in [-0.2, 0) is 0 Å². The lowest BCUT2D eigenvalue weighted by Gasteiger charge is -2.06. The number of amides is 1. The van der Waals surface area contributed by atoms with E-state index in [1.807, 2.05) is 0 Å². The zero-order valence-electron chi connectivity index (χ0n) is 12.2. The smallest absolute Gasteiger partial charge is 0.261 e. The van der Waals surface area contributed by atoms with Gasteiger partial charge in [0.2, 0.25) is 0 Å². The second kappa shape index (κ2) is 6.31. The first kappa shape index (κ1) is 14.8. The number of carbonyl (C=O) groups excluding carboxylic acids is 1. The van der Waals surface area contributed by atoms with E-state index in [0.29, 0.717) is 17.1 Å². The Labute approximate surface area is 131 Å². The summed E-state index contributed by atoms with van der Waals surface area (Å²) < 4.78 is 23.9. The fourth-order valence-corrected chi connectivity index (χ4v) is 2.10. The summed E-state index contributed by atoms with van der Waals surface area (Å²) in [6.45, 7) is 0. The molecule has 3 rings (SSSR count). The molecule has 5 nitrogen and oxygen atoms in total. The van der Waals surface area contributed by atoms with Crippen molar-refractivity contribution < 1.29 is 18.4 Å². The molecule has 116 valence electrons. The number of para-hydroxylation sites is 1. The molecule has 0 saturated carbocycles. The Morgan fingerprint density at radius 2 is 1.91 bits per heavy atom. The molecule has 0 spiro atoms. The van der Waals surface area contributed by atoms with E-state index in [1.165, 1.54) is 18.3 Å². The lowest BCUT2D eigenvalue weighted by Crippen LogP contribution is -2.13. The van der Waals surface area contributed by atoms with Gasteiger partial charge in [-0.15, -0.1) is 0 Å². The highest BCUT2D eigenvalue weighted by Gasteiger charge is 2.19. The number of methoxy groups -OCH3 is 1. The summed E-state index contributed by atoms with van der Waals surface area (Å²) in [7, 11) is 1.57. The van der Waals surface area contributed by atoms with Gasteiger partial charge in [-0.25, -0.2) is 4.39 Å². The molecule has 0 saturated heterocycles. The molecule has 0 aliphatic heterocycles. The van der Waals surface area contributed by atoms with Crippen molar-refractivity contribution in [2.24, 2.45) is 0 Å². The quantitative estimate of drug-likeness (QED) is 0.797. The van der Waals surface area contributed by atoms with Crippen LogP contribution in [-0.4, -0.2) is 18.2 Å². The van der Waals surface area contributed by atoms with E-state index in [-0.39, 0.29) is 11.3 Å². The van der Waals surface area contributed by atoms with Gasteiger partial charge in [0.15, 0.2) is 5.76 Å². The monoisotopic (exact) mass is 312 g/mol. The van der Waals surface area contributed by atoms with Crippen LogP contribution < -0.4 is 10.1 Å². The number of nitrogens with zero attached hydrogens (tertiary/aromatic N) is 1. The van der Waals surface area contributed by atoms with Crippen LogP contribution in [0.15, 0.2) is 59.3 Å². The molecule has 23 heavy (non-hydrogen) atoms.